The molecule has 2 nitrogen and oxygen atoms in total. The molecule has 18 heavy (non-hydrogen) atoms. The minimum atomic E-state index is -4.28. The Bertz CT molecular complexity index is 405. The lowest BCUT2D eigenvalue weighted by atomic mass is 9.92. The van der Waals surface area contributed by atoms with E-state index in [4.69, 9.17) is 4.74 Å². The molecule has 1 aliphatic rings. The van der Waals surface area contributed by atoms with Gasteiger partial charge in [-0.05, 0) is 24.0 Å². The van der Waals surface area contributed by atoms with Crippen LogP contribution in [-0.2, 0) is 10.9 Å². The van der Waals surface area contributed by atoms with Crippen molar-refractivity contribution in [3.8, 4) is 0 Å². The fourth-order valence-corrected chi connectivity index (χ4v) is 2.50. The number of hydrogen-bond donors (Lipinski definition) is 1. The van der Waals surface area contributed by atoms with E-state index in [2.05, 4.69) is 5.32 Å². The van der Waals surface area contributed by atoms with Crippen LogP contribution in [0.4, 0.5) is 13.2 Å². The summed E-state index contributed by atoms with van der Waals surface area (Å²) in [6, 6.07) is 5.96. The lowest BCUT2D eigenvalue weighted by molar-refractivity contribution is -0.138. The van der Waals surface area contributed by atoms with Gasteiger partial charge >= 0.3 is 6.18 Å². The predicted octanol–water partition coefficient (Wildman–Crippen LogP) is 2.80. The number of alkyl halides is 3. The molecule has 5 heteroatoms. The first-order chi connectivity index (χ1) is 8.52. The van der Waals surface area contributed by atoms with Crippen molar-refractivity contribution < 1.29 is 17.9 Å². The van der Waals surface area contributed by atoms with E-state index in [0.29, 0.717) is 25.1 Å². The van der Waals surface area contributed by atoms with Gasteiger partial charge in [0.05, 0.1) is 12.2 Å². The van der Waals surface area contributed by atoms with Gasteiger partial charge in [-0.1, -0.05) is 18.2 Å². The SMILES string of the molecule is COCC1CC(c2ccccc2C(F)(F)F)CN1. The molecule has 0 spiro atoms. The molecule has 0 radical (unpaired) electrons. The molecule has 1 aromatic rings. The van der Waals surface area contributed by atoms with Gasteiger partial charge in [0.2, 0.25) is 0 Å². The highest BCUT2D eigenvalue weighted by atomic mass is 19.4. The van der Waals surface area contributed by atoms with Gasteiger partial charge in [-0.3, -0.25) is 0 Å². The van der Waals surface area contributed by atoms with Gasteiger partial charge in [-0.2, -0.15) is 13.2 Å². The molecule has 0 aliphatic carbocycles. The molecule has 2 unspecified atom stereocenters. The summed E-state index contributed by atoms with van der Waals surface area (Å²) in [5, 5.41) is 3.19. The Morgan fingerprint density at radius 3 is 2.72 bits per heavy atom. The number of hydrogen-bond acceptors (Lipinski definition) is 2. The fourth-order valence-electron chi connectivity index (χ4n) is 2.50. The number of halogens is 3. The molecule has 0 saturated carbocycles. The van der Waals surface area contributed by atoms with E-state index in [9.17, 15) is 13.2 Å². The molecule has 100 valence electrons. The Hall–Kier alpha value is -1.07. The highest BCUT2D eigenvalue weighted by Gasteiger charge is 2.36. The van der Waals surface area contributed by atoms with E-state index in [1.807, 2.05) is 0 Å². The summed E-state index contributed by atoms with van der Waals surface area (Å²) in [6.07, 6.45) is -3.60. The number of rotatable bonds is 3. The average Bonchev–Trinajstić information content (AvgIpc) is 2.77. The van der Waals surface area contributed by atoms with Crippen LogP contribution in [0, 0.1) is 0 Å². The van der Waals surface area contributed by atoms with E-state index in [-0.39, 0.29) is 12.0 Å². The molecule has 1 heterocycles. The van der Waals surface area contributed by atoms with E-state index in [0.717, 1.165) is 6.07 Å². The van der Waals surface area contributed by atoms with E-state index in [1.54, 1.807) is 19.2 Å². The van der Waals surface area contributed by atoms with Gasteiger partial charge in [0.1, 0.15) is 0 Å². The number of nitrogens with one attached hydrogen (secondary N) is 1. The molecule has 1 fully saturated rings. The first-order valence-corrected chi connectivity index (χ1v) is 5.91. The zero-order valence-electron chi connectivity index (χ0n) is 10.1. The maximum absolute atomic E-state index is 12.9. The van der Waals surface area contributed by atoms with Crippen LogP contribution < -0.4 is 5.32 Å². The van der Waals surface area contributed by atoms with Gasteiger partial charge in [-0.15, -0.1) is 0 Å². The zero-order chi connectivity index (χ0) is 13.2. The molecule has 2 atom stereocenters. The Morgan fingerprint density at radius 2 is 2.06 bits per heavy atom. The minimum Gasteiger partial charge on any atom is -0.383 e. The first-order valence-electron chi connectivity index (χ1n) is 5.91. The van der Waals surface area contributed by atoms with Crippen LogP contribution in [0.2, 0.25) is 0 Å². The van der Waals surface area contributed by atoms with Crippen molar-refractivity contribution in [1.82, 2.24) is 5.32 Å². The van der Waals surface area contributed by atoms with Crippen molar-refractivity contribution in [1.29, 1.82) is 0 Å². The molecular formula is C13H16F3NO. The monoisotopic (exact) mass is 259 g/mol. The molecular weight excluding hydrogens is 243 g/mol. The second kappa shape index (κ2) is 5.28. The van der Waals surface area contributed by atoms with Crippen LogP contribution in [0.5, 0.6) is 0 Å². The molecule has 1 aliphatic heterocycles. The van der Waals surface area contributed by atoms with E-state index >= 15 is 0 Å². The fraction of sp³-hybridized carbons (Fsp3) is 0.538. The Balaban J connectivity index is 2.19. The third-order valence-electron chi connectivity index (χ3n) is 3.30. The standard InChI is InChI=1S/C13H16F3NO/c1-18-8-10-6-9(7-17-10)11-4-2-3-5-12(11)13(14,15)16/h2-5,9-10,17H,6-8H2,1H3. The molecule has 1 N–H and O–H groups in total. The van der Waals surface area contributed by atoms with Crippen LogP contribution in [0.15, 0.2) is 24.3 Å². The van der Waals surface area contributed by atoms with Gasteiger partial charge in [0.15, 0.2) is 0 Å². The molecule has 0 aromatic heterocycles. The van der Waals surface area contributed by atoms with Crippen molar-refractivity contribution in [2.24, 2.45) is 0 Å². The highest BCUT2D eigenvalue weighted by Crippen LogP contribution is 2.37. The lowest BCUT2D eigenvalue weighted by Crippen LogP contribution is -2.25. The zero-order valence-corrected chi connectivity index (χ0v) is 10.1. The van der Waals surface area contributed by atoms with E-state index in [1.165, 1.54) is 6.07 Å². The second-order valence-electron chi connectivity index (χ2n) is 4.58. The Kier molecular flexibility index (Phi) is 3.92. The van der Waals surface area contributed by atoms with Gasteiger partial charge in [0, 0.05) is 19.7 Å². The summed E-state index contributed by atoms with van der Waals surface area (Å²) in [5.74, 6) is -0.0945. The minimum absolute atomic E-state index is 0.0945. The molecule has 1 saturated heterocycles. The second-order valence-corrected chi connectivity index (χ2v) is 4.58. The predicted molar refractivity (Wildman–Crippen MR) is 62.5 cm³/mol. The van der Waals surface area contributed by atoms with Gasteiger partial charge in [0.25, 0.3) is 0 Å². The summed E-state index contributed by atoms with van der Waals surface area (Å²) in [6.45, 7) is 1.10. The smallest absolute Gasteiger partial charge is 0.383 e. The first kappa shape index (κ1) is 13.4. The number of methoxy groups -OCH3 is 1. The topological polar surface area (TPSA) is 21.3 Å². The summed E-state index contributed by atoms with van der Waals surface area (Å²) in [7, 11) is 1.60. The Labute approximate surface area is 104 Å². The molecule has 0 bridgehead atoms. The average molecular weight is 259 g/mol. The normalized spacial score (nSPS) is 24.4. The largest absolute Gasteiger partial charge is 0.416 e. The van der Waals surface area contributed by atoms with Crippen molar-refractivity contribution in [3.63, 3.8) is 0 Å². The third-order valence-corrected chi connectivity index (χ3v) is 3.30. The Morgan fingerprint density at radius 1 is 1.33 bits per heavy atom. The lowest BCUT2D eigenvalue weighted by Gasteiger charge is -2.17. The maximum atomic E-state index is 12.9. The summed E-state index contributed by atoms with van der Waals surface area (Å²) in [4.78, 5) is 0. The van der Waals surface area contributed by atoms with Gasteiger partial charge in [-0.25, -0.2) is 0 Å². The van der Waals surface area contributed by atoms with Crippen LogP contribution in [0.3, 0.4) is 0 Å². The molecule has 2 rings (SSSR count). The van der Waals surface area contributed by atoms with Crippen molar-refractivity contribution in [2.45, 2.75) is 24.6 Å². The van der Waals surface area contributed by atoms with Gasteiger partial charge < -0.3 is 10.1 Å². The summed E-state index contributed by atoms with van der Waals surface area (Å²) < 4.78 is 43.7. The van der Waals surface area contributed by atoms with Crippen LogP contribution in [-0.4, -0.2) is 26.3 Å². The molecule has 1 aromatic carbocycles. The maximum Gasteiger partial charge on any atom is 0.416 e. The quantitative estimate of drug-likeness (QED) is 0.901. The van der Waals surface area contributed by atoms with Crippen molar-refractivity contribution in [3.05, 3.63) is 35.4 Å². The van der Waals surface area contributed by atoms with Crippen LogP contribution in [0.1, 0.15) is 23.5 Å². The van der Waals surface area contributed by atoms with Crippen molar-refractivity contribution in [2.75, 3.05) is 20.3 Å². The summed E-state index contributed by atoms with van der Waals surface area (Å²) >= 11 is 0. The molecule has 0 amide bonds. The summed E-state index contributed by atoms with van der Waals surface area (Å²) in [5.41, 5.74) is -0.133. The highest BCUT2D eigenvalue weighted by molar-refractivity contribution is 5.33. The van der Waals surface area contributed by atoms with Crippen LogP contribution >= 0.6 is 0 Å². The van der Waals surface area contributed by atoms with Crippen LogP contribution in [0.25, 0.3) is 0 Å². The third kappa shape index (κ3) is 2.84. The number of ether oxygens (including phenoxy) is 1. The van der Waals surface area contributed by atoms with Crippen molar-refractivity contribution >= 4 is 0 Å². The number of benzene rings is 1. The van der Waals surface area contributed by atoms with E-state index < -0.39 is 11.7 Å².